The zero-order chi connectivity index (χ0) is 8.49. The Morgan fingerprint density at radius 3 is 1.00 bits per heavy atom. The van der Waals surface area contributed by atoms with Crippen LogP contribution in [0, 0.1) is 12.7 Å². The van der Waals surface area contributed by atoms with Gasteiger partial charge in [-0.2, -0.15) is 0 Å². The summed E-state index contributed by atoms with van der Waals surface area (Å²) in [5.74, 6) is 0. The molecule has 2 rings (SSSR count). The second-order valence-corrected chi connectivity index (χ2v) is 1.70. The molecule has 60 valence electrons. The molecule has 0 aliphatic heterocycles. The topological polar surface area (TPSA) is 51.6 Å². The van der Waals surface area contributed by atoms with Gasteiger partial charge in [-0.05, 0) is 0 Å². The van der Waals surface area contributed by atoms with E-state index in [1.165, 1.54) is 0 Å². The monoisotopic (exact) mass is 222 g/mol. The van der Waals surface area contributed by atoms with E-state index in [4.69, 9.17) is 0 Å². The molecule has 0 radical (unpaired) electrons. The van der Waals surface area contributed by atoms with Crippen LogP contribution in [0.15, 0.2) is 36.9 Å². The molecule has 0 bridgehead atoms. The molecule has 0 unspecified atom stereocenters. The van der Waals surface area contributed by atoms with Gasteiger partial charge in [-0.1, -0.05) is 24.8 Å². The molecule has 0 aliphatic carbocycles. The summed E-state index contributed by atoms with van der Waals surface area (Å²) in [6.07, 6.45) is 11.3. The minimum atomic E-state index is 0. The Bertz CT molecular complexity index is 192. The molecule has 0 saturated carbocycles. The van der Waals surface area contributed by atoms with Crippen LogP contribution in [-0.4, -0.2) is 19.9 Å². The maximum absolute atomic E-state index is 3.55. The van der Waals surface area contributed by atoms with Crippen LogP contribution in [0.3, 0.4) is 0 Å². The molecule has 2 heterocycles. The number of nitrogens with zero attached hydrogens (tertiary/aromatic N) is 4. The summed E-state index contributed by atoms with van der Waals surface area (Å²) in [6, 6.07) is 3.49. The Morgan fingerprint density at radius 2 is 0.923 bits per heavy atom. The third-order valence-corrected chi connectivity index (χ3v) is 0.873. The molecule has 0 atom stereocenters. The molecule has 4 nitrogen and oxygen atoms in total. The summed E-state index contributed by atoms with van der Waals surface area (Å²) in [4.78, 5) is 14.2. The van der Waals surface area contributed by atoms with Crippen molar-refractivity contribution >= 4 is 0 Å². The Balaban J connectivity index is 0.000000206. The van der Waals surface area contributed by atoms with Crippen LogP contribution in [0.2, 0.25) is 0 Å². The van der Waals surface area contributed by atoms with Gasteiger partial charge in [-0.25, -0.2) is 0 Å². The Kier molecular flexibility index (Phi) is 8.05. The van der Waals surface area contributed by atoms with Gasteiger partial charge in [0.1, 0.15) is 0 Å². The number of rotatable bonds is 0. The average molecular weight is 224 g/mol. The van der Waals surface area contributed by atoms with Gasteiger partial charge in [0.25, 0.3) is 0 Å². The third kappa shape index (κ3) is 7.15. The fourth-order valence-electron chi connectivity index (χ4n) is 0.449. The first-order valence-electron chi connectivity index (χ1n) is 3.26. The molecule has 0 saturated heterocycles. The first-order valence-corrected chi connectivity index (χ1v) is 3.26. The second kappa shape index (κ2) is 8.88. The Hall–Kier alpha value is -1.22. The van der Waals surface area contributed by atoms with Gasteiger partial charge in [0.2, 0.25) is 0 Å². The minimum Gasteiger partial charge on any atom is -0.374 e. The third-order valence-electron chi connectivity index (χ3n) is 0.873. The minimum absolute atomic E-state index is 0. The average Bonchev–Trinajstić information content (AvgIpc) is 2.24. The van der Waals surface area contributed by atoms with E-state index in [9.17, 15) is 0 Å². The molecular formula is C8H6N4Zn. The SMILES string of the molecule is [Zn+2].[c-]1ncccn1.[c-]1ncccn1. The van der Waals surface area contributed by atoms with Gasteiger partial charge in [0.15, 0.2) is 0 Å². The predicted octanol–water partition coefficient (Wildman–Crippen LogP) is 0.551. The van der Waals surface area contributed by atoms with Gasteiger partial charge >= 0.3 is 19.5 Å². The summed E-state index contributed by atoms with van der Waals surface area (Å²) in [7, 11) is 0. The van der Waals surface area contributed by atoms with E-state index in [-0.39, 0.29) is 19.5 Å². The van der Waals surface area contributed by atoms with Crippen molar-refractivity contribution in [3.63, 3.8) is 0 Å². The van der Waals surface area contributed by atoms with E-state index in [2.05, 4.69) is 32.6 Å². The van der Waals surface area contributed by atoms with Crippen LogP contribution in [0.5, 0.6) is 0 Å². The molecule has 0 amide bonds. The molecule has 0 N–H and O–H groups in total. The van der Waals surface area contributed by atoms with Crippen LogP contribution in [0.4, 0.5) is 0 Å². The Morgan fingerprint density at radius 1 is 0.615 bits per heavy atom. The van der Waals surface area contributed by atoms with Crippen LogP contribution >= 0.6 is 0 Å². The van der Waals surface area contributed by atoms with E-state index in [1.807, 2.05) is 0 Å². The van der Waals surface area contributed by atoms with Crippen molar-refractivity contribution in [2.75, 3.05) is 0 Å². The summed E-state index contributed by atoms with van der Waals surface area (Å²) >= 11 is 0. The largest absolute Gasteiger partial charge is 2.00 e. The Labute approximate surface area is 89.3 Å². The van der Waals surface area contributed by atoms with E-state index in [0.29, 0.717) is 0 Å². The molecule has 5 heteroatoms. The predicted molar refractivity (Wildman–Crippen MR) is 41.7 cm³/mol. The van der Waals surface area contributed by atoms with Crippen LogP contribution in [0.1, 0.15) is 0 Å². The molecule has 2 aromatic rings. The molecule has 0 spiro atoms. The van der Waals surface area contributed by atoms with Crippen LogP contribution in [-0.2, 0) is 19.5 Å². The fourth-order valence-corrected chi connectivity index (χ4v) is 0.449. The van der Waals surface area contributed by atoms with Gasteiger partial charge < -0.3 is 19.9 Å². The van der Waals surface area contributed by atoms with E-state index in [0.717, 1.165) is 0 Å². The molecule has 0 aromatic carbocycles. The summed E-state index contributed by atoms with van der Waals surface area (Å²) in [6.45, 7) is 0. The zero-order valence-corrected chi connectivity index (χ0v) is 9.93. The van der Waals surface area contributed by atoms with Crippen molar-refractivity contribution in [3.8, 4) is 0 Å². The maximum atomic E-state index is 3.55. The molecular weight excluding hydrogens is 218 g/mol. The molecule has 2 aromatic heterocycles. The maximum Gasteiger partial charge on any atom is 2.00 e. The summed E-state index contributed by atoms with van der Waals surface area (Å²) in [5, 5.41) is 0. The smallest absolute Gasteiger partial charge is 0.374 e. The molecule has 0 fully saturated rings. The van der Waals surface area contributed by atoms with Crippen molar-refractivity contribution in [3.05, 3.63) is 49.6 Å². The van der Waals surface area contributed by atoms with E-state index >= 15 is 0 Å². The van der Waals surface area contributed by atoms with Crippen molar-refractivity contribution in [1.82, 2.24) is 19.9 Å². The molecule has 13 heavy (non-hydrogen) atoms. The number of hydrogen-bond acceptors (Lipinski definition) is 4. The normalized spacial score (nSPS) is 7.38. The van der Waals surface area contributed by atoms with Gasteiger partial charge in [0, 0.05) is 12.7 Å². The van der Waals surface area contributed by atoms with Gasteiger partial charge in [0.05, 0.1) is 0 Å². The first-order chi connectivity index (χ1) is 6.00. The van der Waals surface area contributed by atoms with Crippen LogP contribution in [0.25, 0.3) is 0 Å². The van der Waals surface area contributed by atoms with Crippen molar-refractivity contribution in [2.24, 2.45) is 0 Å². The zero-order valence-electron chi connectivity index (χ0n) is 6.96. The van der Waals surface area contributed by atoms with E-state index in [1.54, 1.807) is 36.9 Å². The number of hydrogen-bond donors (Lipinski definition) is 0. The summed E-state index contributed by atoms with van der Waals surface area (Å²) < 4.78 is 0. The molecule has 0 aliphatic rings. The van der Waals surface area contributed by atoms with Crippen LogP contribution < -0.4 is 0 Å². The van der Waals surface area contributed by atoms with E-state index < -0.39 is 0 Å². The first kappa shape index (κ1) is 11.8. The van der Waals surface area contributed by atoms with Crippen molar-refractivity contribution in [2.45, 2.75) is 0 Å². The standard InChI is InChI=1S/2C4H3N2.Zn/c2*1-2-5-4-6-3-1;/h2*1-3H;/q2*-1;+2. The second-order valence-electron chi connectivity index (χ2n) is 1.70. The van der Waals surface area contributed by atoms with Gasteiger partial charge in [-0.3, -0.25) is 0 Å². The number of aromatic nitrogens is 4. The fraction of sp³-hybridized carbons (Fsp3) is 0. The van der Waals surface area contributed by atoms with Crippen molar-refractivity contribution in [1.29, 1.82) is 0 Å². The quantitative estimate of drug-likeness (QED) is 0.484. The van der Waals surface area contributed by atoms with Gasteiger partial charge in [-0.15, -0.1) is 12.1 Å². The summed E-state index contributed by atoms with van der Waals surface area (Å²) in [5.41, 5.74) is 0. The van der Waals surface area contributed by atoms with Crippen molar-refractivity contribution < 1.29 is 19.5 Å².